The van der Waals surface area contributed by atoms with Gasteiger partial charge < -0.3 is 14.4 Å². The predicted molar refractivity (Wildman–Crippen MR) is 99.4 cm³/mol. The SMILES string of the molecule is CSc1ccc(C(C(=O)O)N2CCCN(C(=O)c3ccco3)CC2)cc1. The first-order valence-electron chi connectivity index (χ1n) is 8.53. The predicted octanol–water partition coefficient (Wildman–Crippen LogP) is 2.98. The fourth-order valence-corrected chi connectivity index (χ4v) is 3.66. The van der Waals surface area contributed by atoms with E-state index < -0.39 is 12.0 Å². The lowest BCUT2D eigenvalue weighted by molar-refractivity contribution is -0.143. The van der Waals surface area contributed by atoms with Crippen LogP contribution in [0.1, 0.15) is 28.6 Å². The van der Waals surface area contributed by atoms with E-state index >= 15 is 0 Å². The summed E-state index contributed by atoms with van der Waals surface area (Å²) in [5, 5.41) is 9.78. The number of hydrogen-bond acceptors (Lipinski definition) is 5. The van der Waals surface area contributed by atoms with Gasteiger partial charge >= 0.3 is 5.97 Å². The topological polar surface area (TPSA) is 74.0 Å². The first-order valence-corrected chi connectivity index (χ1v) is 9.76. The van der Waals surface area contributed by atoms with E-state index in [2.05, 4.69) is 0 Å². The average Bonchev–Trinajstić information content (AvgIpc) is 3.08. The normalized spacial score (nSPS) is 16.9. The van der Waals surface area contributed by atoms with Crippen LogP contribution in [0.25, 0.3) is 0 Å². The number of carboxylic acid groups (broad SMARTS) is 1. The first kappa shape index (κ1) is 18.5. The zero-order valence-electron chi connectivity index (χ0n) is 14.6. The van der Waals surface area contributed by atoms with Crippen LogP contribution in [0.4, 0.5) is 0 Å². The van der Waals surface area contributed by atoms with Crippen molar-refractivity contribution in [3.63, 3.8) is 0 Å². The monoisotopic (exact) mass is 374 g/mol. The fraction of sp³-hybridized carbons (Fsp3) is 0.368. The minimum Gasteiger partial charge on any atom is -0.480 e. The van der Waals surface area contributed by atoms with Gasteiger partial charge in [-0.05, 0) is 42.5 Å². The van der Waals surface area contributed by atoms with Crippen molar-refractivity contribution < 1.29 is 19.1 Å². The Hall–Kier alpha value is -2.25. The maximum Gasteiger partial charge on any atom is 0.325 e. The molecule has 0 aliphatic carbocycles. The van der Waals surface area contributed by atoms with Crippen molar-refractivity contribution in [1.82, 2.24) is 9.80 Å². The summed E-state index contributed by atoms with van der Waals surface area (Å²) in [6, 6.07) is 10.3. The molecule has 1 atom stereocenters. The highest BCUT2D eigenvalue weighted by atomic mass is 32.2. The molecule has 138 valence electrons. The van der Waals surface area contributed by atoms with Crippen LogP contribution < -0.4 is 0 Å². The van der Waals surface area contributed by atoms with Crippen LogP contribution in [0.15, 0.2) is 52.0 Å². The molecule has 6 nitrogen and oxygen atoms in total. The van der Waals surface area contributed by atoms with Crippen LogP contribution in [0.5, 0.6) is 0 Å². The van der Waals surface area contributed by atoms with Gasteiger partial charge in [0, 0.05) is 31.1 Å². The third kappa shape index (κ3) is 4.11. The summed E-state index contributed by atoms with van der Waals surface area (Å²) < 4.78 is 5.19. The van der Waals surface area contributed by atoms with Gasteiger partial charge in [-0.25, -0.2) is 0 Å². The summed E-state index contributed by atoms with van der Waals surface area (Å²) in [7, 11) is 0. The Morgan fingerprint density at radius 1 is 1.12 bits per heavy atom. The molecule has 7 heteroatoms. The minimum atomic E-state index is -0.868. The van der Waals surface area contributed by atoms with Crippen LogP contribution >= 0.6 is 11.8 Å². The molecule has 1 amide bonds. The van der Waals surface area contributed by atoms with E-state index in [1.54, 1.807) is 28.8 Å². The Kier molecular flexibility index (Phi) is 6.00. The second-order valence-corrected chi connectivity index (χ2v) is 7.05. The molecule has 2 aromatic rings. The highest BCUT2D eigenvalue weighted by molar-refractivity contribution is 7.98. The first-order chi connectivity index (χ1) is 12.6. The fourth-order valence-electron chi connectivity index (χ4n) is 3.25. The van der Waals surface area contributed by atoms with Crippen LogP contribution in [0.3, 0.4) is 0 Å². The quantitative estimate of drug-likeness (QED) is 0.811. The number of thioether (sulfide) groups is 1. The molecule has 0 saturated carbocycles. The summed E-state index contributed by atoms with van der Waals surface area (Å²) in [6.07, 6.45) is 4.19. The second kappa shape index (κ2) is 8.42. The Balaban J connectivity index is 1.72. The lowest BCUT2D eigenvalue weighted by atomic mass is 10.1. The van der Waals surface area contributed by atoms with E-state index in [-0.39, 0.29) is 5.91 Å². The molecule has 1 saturated heterocycles. The standard InChI is InChI=1S/C19H22N2O4S/c1-26-15-7-5-14(6-8-15)17(19(23)24)20-9-3-10-21(12-11-20)18(22)16-4-2-13-25-16/h2,4-8,13,17H,3,9-12H2,1H3,(H,23,24). The van der Waals surface area contributed by atoms with E-state index in [1.807, 2.05) is 35.4 Å². The molecule has 1 fully saturated rings. The second-order valence-electron chi connectivity index (χ2n) is 6.17. The minimum absolute atomic E-state index is 0.145. The largest absolute Gasteiger partial charge is 0.480 e. The Morgan fingerprint density at radius 3 is 2.50 bits per heavy atom. The third-order valence-electron chi connectivity index (χ3n) is 4.58. The molecule has 26 heavy (non-hydrogen) atoms. The van der Waals surface area contributed by atoms with Crippen LogP contribution in [0.2, 0.25) is 0 Å². The van der Waals surface area contributed by atoms with E-state index in [0.717, 1.165) is 16.9 Å². The van der Waals surface area contributed by atoms with Crippen molar-refractivity contribution in [2.45, 2.75) is 17.4 Å². The van der Waals surface area contributed by atoms with Gasteiger partial charge in [-0.3, -0.25) is 14.5 Å². The van der Waals surface area contributed by atoms with Crippen LogP contribution in [-0.2, 0) is 4.79 Å². The maximum atomic E-state index is 12.5. The number of rotatable bonds is 5. The summed E-state index contributed by atoms with van der Waals surface area (Å²) in [5.41, 5.74) is 0.765. The van der Waals surface area contributed by atoms with Crippen LogP contribution in [-0.4, -0.2) is 59.2 Å². The van der Waals surface area contributed by atoms with E-state index in [9.17, 15) is 14.7 Å². The van der Waals surface area contributed by atoms with Gasteiger partial charge in [-0.15, -0.1) is 11.8 Å². The van der Waals surface area contributed by atoms with Gasteiger partial charge in [0.15, 0.2) is 5.76 Å². The van der Waals surface area contributed by atoms with Crippen molar-refractivity contribution >= 4 is 23.6 Å². The highest BCUT2D eigenvalue weighted by Crippen LogP contribution is 2.25. The number of amides is 1. The number of benzene rings is 1. The number of carbonyl (C=O) groups is 2. The van der Waals surface area contributed by atoms with Crippen molar-refractivity contribution in [1.29, 1.82) is 0 Å². The zero-order valence-corrected chi connectivity index (χ0v) is 15.4. The van der Waals surface area contributed by atoms with Crippen molar-refractivity contribution in [2.24, 2.45) is 0 Å². The van der Waals surface area contributed by atoms with E-state index in [4.69, 9.17) is 4.42 Å². The molecular weight excluding hydrogens is 352 g/mol. The number of furan rings is 1. The lowest BCUT2D eigenvalue weighted by Gasteiger charge is -2.28. The lowest BCUT2D eigenvalue weighted by Crippen LogP contribution is -2.38. The molecule has 0 radical (unpaired) electrons. The molecule has 1 aromatic carbocycles. The molecule has 0 spiro atoms. The van der Waals surface area contributed by atoms with Crippen molar-refractivity contribution in [2.75, 3.05) is 32.4 Å². The molecule has 3 rings (SSSR count). The molecule has 1 unspecified atom stereocenters. The molecule has 2 heterocycles. The number of aliphatic carboxylic acids is 1. The number of nitrogens with zero attached hydrogens (tertiary/aromatic N) is 2. The van der Waals surface area contributed by atoms with Crippen molar-refractivity contribution in [3.8, 4) is 0 Å². The Labute approximate surface area is 156 Å². The zero-order chi connectivity index (χ0) is 18.5. The third-order valence-corrected chi connectivity index (χ3v) is 5.32. The summed E-state index contributed by atoms with van der Waals surface area (Å²) in [5.74, 6) is -0.693. The summed E-state index contributed by atoms with van der Waals surface area (Å²) >= 11 is 1.62. The Morgan fingerprint density at radius 2 is 1.88 bits per heavy atom. The molecule has 1 aliphatic rings. The smallest absolute Gasteiger partial charge is 0.325 e. The van der Waals surface area contributed by atoms with E-state index in [0.29, 0.717) is 31.9 Å². The number of carbonyl (C=O) groups excluding carboxylic acids is 1. The van der Waals surface area contributed by atoms with E-state index in [1.165, 1.54) is 6.26 Å². The van der Waals surface area contributed by atoms with Gasteiger partial charge in [0.1, 0.15) is 6.04 Å². The van der Waals surface area contributed by atoms with Crippen LogP contribution in [0, 0.1) is 0 Å². The average molecular weight is 374 g/mol. The number of carboxylic acids is 1. The summed E-state index contributed by atoms with van der Waals surface area (Å²) in [6.45, 7) is 2.21. The van der Waals surface area contributed by atoms with Gasteiger partial charge in [-0.1, -0.05) is 12.1 Å². The van der Waals surface area contributed by atoms with Gasteiger partial charge in [0.25, 0.3) is 5.91 Å². The number of hydrogen-bond donors (Lipinski definition) is 1. The molecule has 1 aliphatic heterocycles. The van der Waals surface area contributed by atoms with Gasteiger partial charge in [0.2, 0.25) is 0 Å². The summed E-state index contributed by atoms with van der Waals surface area (Å²) in [4.78, 5) is 29.2. The van der Waals surface area contributed by atoms with Crippen molar-refractivity contribution in [3.05, 3.63) is 54.0 Å². The van der Waals surface area contributed by atoms with Gasteiger partial charge in [0.05, 0.1) is 6.26 Å². The molecular formula is C19H22N2O4S. The van der Waals surface area contributed by atoms with Gasteiger partial charge in [-0.2, -0.15) is 0 Å². The molecule has 0 bridgehead atoms. The maximum absolute atomic E-state index is 12.5. The Bertz CT molecular complexity index is 745. The molecule has 1 N–H and O–H groups in total. The molecule has 1 aromatic heterocycles. The highest BCUT2D eigenvalue weighted by Gasteiger charge is 2.30.